The van der Waals surface area contributed by atoms with Gasteiger partial charge in [-0.1, -0.05) is 11.6 Å². The van der Waals surface area contributed by atoms with Crippen LogP contribution >= 0.6 is 11.6 Å². The summed E-state index contributed by atoms with van der Waals surface area (Å²) in [5.41, 5.74) is 8.54. The molecule has 0 aliphatic carbocycles. The summed E-state index contributed by atoms with van der Waals surface area (Å²) >= 11 is 5.97. The number of rotatable bonds is 5. The Morgan fingerprint density at radius 1 is 1.30 bits per heavy atom. The first kappa shape index (κ1) is 19.6. The van der Waals surface area contributed by atoms with Crippen molar-refractivity contribution in [3.63, 3.8) is 0 Å². The van der Waals surface area contributed by atoms with Crippen LogP contribution in [-0.4, -0.2) is 29.2 Å². The number of carbonyl (C=O) groups is 2. The number of anilines is 1. The third-order valence-electron chi connectivity index (χ3n) is 3.31. The molecule has 0 aliphatic rings. The molecule has 0 atom stereocenters. The zero-order valence-electron chi connectivity index (χ0n) is 14.0. The predicted molar refractivity (Wildman–Crippen MR) is 97.0 cm³/mol. The van der Waals surface area contributed by atoms with E-state index in [2.05, 4.69) is 25.7 Å². The van der Waals surface area contributed by atoms with Crippen molar-refractivity contribution in [3.05, 3.63) is 58.0 Å². The molecule has 6 N–H and O–H groups in total. The maximum absolute atomic E-state index is 12.4. The van der Waals surface area contributed by atoms with Crippen LogP contribution in [0.4, 0.5) is 5.69 Å². The number of hydrogen-bond donors (Lipinski definition) is 4. The number of hydrogen-bond acceptors (Lipinski definition) is 9. The fourth-order valence-corrected chi connectivity index (χ4v) is 2.20. The molecule has 138 valence electrons. The van der Waals surface area contributed by atoms with E-state index in [0.717, 1.165) is 0 Å². The van der Waals surface area contributed by atoms with Crippen LogP contribution < -0.4 is 22.3 Å². The molecule has 0 aliphatic heterocycles. The lowest BCUT2D eigenvalue weighted by atomic mass is 10.1. The lowest BCUT2D eigenvalue weighted by molar-refractivity contribution is 0.0602. The van der Waals surface area contributed by atoms with Gasteiger partial charge in [-0.2, -0.15) is 5.26 Å². The van der Waals surface area contributed by atoms with Gasteiger partial charge in [0, 0.05) is 6.20 Å². The van der Waals surface area contributed by atoms with Crippen molar-refractivity contribution >= 4 is 34.9 Å². The fraction of sp³-hybridized carbons (Fsp3) is 0.0625. The average molecular weight is 388 g/mol. The Morgan fingerprint density at radius 2 is 1.96 bits per heavy atom. The van der Waals surface area contributed by atoms with Gasteiger partial charge in [-0.05, 0) is 24.3 Å². The minimum atomic E-state index is -0.743. The molecule has 11 heteroatoms. The number of halogens is 1. The number of ether oxygens (including phenoxy) is 1. The molecule has 1 aromatic heterocycles. The van der Waals surface area contributed by atoms with Crippen LogP contribution in [0.3, 0.4) is 0 Å². The molecule has 0 fully saturated rings. The van der Waals surface area contributed by atoms with E-state index >= 15 is 0 Å². The maximum Gasteiger partial charge on any atom is 0.340 e. The number of nitriles is 1. The van der Waals surface area contributed by atoms with Crippen LogP contribution in [0.1, 0.15) is 32.1 Å². The number of benzene rings is 1. The molecule has 27 heavy (non-hydrogen) atoms. The molecule has 0 spiro atoms. The number of nitrogens with zero attached hydrogens (tertiary/aromatic N) is 3. The van der Waals surface area contributed by atoms with E-state index in [4.69, 9.17) is 28.4 Å². The maximum atomic E-state index is 12.4. The minimum absolute atomic E-state index is 0.0300. The van der Waals surface area contributed by atoms with Gasteiger partial charge in [0.05, 0.1) is 34.6 Å². The molecule has 1 aromatic carbocycles. The first-order valence-corrected chi connectivity index (χ1v) is 7.68. The molecule has 1 heterocycles. The predicted octanol–water partition coefficient (Wildman–Crippen LogP) is 0.761. The largest absolute Gasteiger partial charge is 0.465 e. The van der Waals surface area contributed by atoms with Gasteiger partial charge in [0.2, 0.25) is 0 Å². The topological polar surface area (TPSA) is 169 Å². The quantitative estimate of drug-likeness (QED) is 0.328. The second-order valence-corrected chi connectivity index (χ2v) is 5.41. The van der Waals surface area contributed by atoms with Crippen LogP contribution in [0.25, 0.3) is 5.70 Å². The highest BCUT2D eigenvalue weighted by Gasteiger charge is 2.19. The standard InChI is InChI=1S/C16H14ClN7O3/c1-27-16(26)9-4-8(6-18)10(17)5-14(9)22-15(25)13-3-2-12(23-24-13)11(19)7-21-20/h2-5,7,21H,19-20H2,1H3,(H,22,25)/b11-7-. The third kappa shape index (κ3) is 4.49. The van der Waals surface area contributed by atoms with Crippen LogP contribution in [0.2, 0.25) is 5.02 Å². The van der Waals surface area contributed by atoms with Gasteiger partial charge in [0.15, 0.2) is 5.69 Å². The summed E-state index contributed by atoms with van der Waals surface area (Å²) in [6.45, 7) is 0. The number of nitrogens with one attached hydrogen (secondary N) is 2. The van der Waals surface area contributed by atoms with Gasteiger partial charge < -0.3 is 21.2 Å². The van der Waals surface area contributed by atoms with Crippen molar-refractivity contribution in [2.24, 2.45) is 11.6 Å². The van der Waals surface area contributed by atoms with Gasteiger partial charge in [-0.15, -0.1) is 10.2 Å². The molecule has 2 rings (SSSR count). The Labute approximate surface area is 158 Å². The molecule has 0 saturated carbocycles. The van der Waals surface area contributed by atoms with Crippen LogP contribution in [-0.2, 0) is 4.74 Å². The van der Waals surface area contributed by atoms with Crippen LogP contribution in [0.15, 0.2) is 30.5 Å². The second-order valence-electron chi connectivity index (χ2n) is 5.01. The van der Waals surface area contributed by atoms with Crippen molar-refractivity contribution in [3.8, 4) is 6.07 Å². The van der Waals surface area contributed by atoms with E-state index < -0.39 is 11.9 Å². The first-order chi connectivity index (χ1) is 12.9. The summed E-state index contributed by atoms with van der Waals surface area (Å²) in [5.74, 6) is 3.73. The number of aromatic nitrogens is 2. The third-order valence-corrected chi connectivity index (χ3v) is 3.63. The number of esters is 1. The zero-order valence-corrected chi connectivity index (χ0v) is 14.7. The lowest BCUT2D eigenvalue weighted by Gasteiger charge is -2.11. The summed E-state index contributed by atoms with van der Waals surface area (Å²) in [6, 6.07) is 7.21. The van der Waals surface area contributed by atoms with Crippen molar-refractivity contribution in [2.75, 3.05) is 12.4 Å². The number of methoxy groups -OCH3 is 1. The van der Waals surface area contributed by atoms with Gasteiger partial charge in [0.1, 0.15) is 11.8 Å². The number of nitrogens with two attached hydrogens (primary N) is 2. The normalized spacial score (nSPS) is 10.7. The van der Waals surface area contributed by atoms with Crippen LogP contribution in [0, 0.1) is 11.3 Å². The van der Waals surface area contributed by atoms with Crippen molar-refractivity contribution in [1.29, 1.82) is 5.26 Å². The molecular formula is C16H14ClN7O3. The molecule has 1 amide bonds. The summed E-state index contributed by atoms with van der Waals surface area (Å²) in [6.07, 6.45) is 1.31. The zero-order chi connectivity index (χ0) is 20.0. The van der Waals surface area contributed by atoms with Gasteiger partial charge >= 0.3 is 5.97 Å². The summed E-state index contributed by atoms with van der Waals surface area (Å²) in [5, 5.41) is 19.2. The summed E-state index contributed by atoms with van der Waals surface area (Å²) in [7, 11) is 1.17. The highest BCUT2D eigenvalue weighted by molar-refractivity contribution is 6.32. The second kappa shape index (κ2) is 8.61. The molecule has 0 unspecified atom stereocenters. The Balaban J connectivity index is 2.32. The monoisotopic (exact) mass is 387 g/mol. The molecular weight excluding hydrogens is 374 g/mol. The molecule has 2 aromatic rings. The molecule has 0 bridgehead atoms. The Morgan fingerprint density at radius 3 is 2.52 bits per heavy atom. The van der Waals surface area contributed by atoms with E-state index in [1.165, 1.54) is 37.6 Å². The SMILES string of the molecule is COC(=O)c1cc(C#N)c(Cl)cc1NC(=O)c1ccc(/C(N)=C/NN)nn1. The van der Waals surface area contributed by atoms with Crippen molar-refractivity contribution < 1.29 is 14.3 Å². The van der Waals surface area contributed by atoms with E-state index in [1.807, 2.05) is 6.07 Å². The Kier molecular flexibility index (Phi) is 6.27. The number of carbonyl (C=O) groups excluding carboxylic acids is 2. The van der Waals surface area contributed by atoms with E-state index in [9.17, 15) is 9.59 Å². The van der Waals surface area contributed by atoms with Crippen molar-refractivity contribution in [1.82, 2.24) is 15.6 Å². The molecule has 0 radical (unpaired) electrons. The number of hydrazine groups is 1. The fourth-order valence-electron chi connectivity index (χ4n) is 2.00. The highest BCUT2D eigenvalue weighted by Crippen LogP contribution is 2.26. The molecule has 0 saturated heterocycles. The Hall–Kier alpha value is -3.68. The van der Waals surface area contributed by atoms with Gasteiger partial charge in [-0.25, -0.2) is 4.79 Å². The van der Waals surface area contributed by atoms with Crippen LogP contribution in [0.5, 0.6) is 0 Å². The van der Waals surface area contributed by atoms with E-state index in [1.54, 1.807) is 0 Å². The smallest absolute Gasteiger partial charge is 0.340 e. The van der Waals surface area contributed by atoms with Gasteiger partial charge in [0.25, 0.3) is 5.91 Å². The van der Waals surface area contributed by atoms with E-state index in [-0.39, 0.29) is 33.2 Å². The number of amides is 1. The minimum Gasteiger partial charge on any atom is -0.465 e. The Bertz CT molecular complexity index is 952. The lowest BCUT2D eigenvalue weighted by Crippen LogP contribution is -2.19. The summed E-state index contributed by atoms with van der Waals surface area (Å²) < 4.78 is 4.66. The van der Waals surface area contributed by atoms with E-state index in [0.29, 0.717) is 5.69 Å². The van der Waals surface area contributed by atoms with Gasteiger partial charge in [-0.3, -0.25) is 10.6 Å². The average Bonchev–Trinajstić information content (AvgIpc) is 2.67. The molecule has 10 nitrogen and oxygen atoms in total. The first-order valence-electron chi connectivity index (χ1n) is 7.30. The highest BCUT2D eigenvalue weighted by atomic mass is 35.5. The van der Waals surface area contributed by atoms with Crippen molar-refractivity contribution in [2.45, 2.75) is 0 Å². The summed E-state index contributed by atoms with van der Waals surface area (Å²) in [4.78, 5) is 24.3.